The van der Waals surface area contributed by atoms with Crippen molar-refractivity contribution in [1.82, 2.24) is 0 Å². The average Bonchev–Trinajstić information content (AvgIpc) is 2.47. The van der Waals surface area contributed by atoms with Crippen LogP contribution in [0.3, 0.4) is 0 Å². The summed E-state index contributed by atoms with van der Waals surface area (Å²) in [7, 11) is 0. The van der Waals surface area contributed by atoms with Crippen molar-refractivity contribution in [3.05, 3.63) is 68.6 Å². The average molecular weight is 410 g/mol. The summed E-state index contributed by atoms with van der Waals surface area (Å²) >= 11 is 11.7. The van der Waals surface area contributed by atoms with Gasteiger partial charge in [-0.05, 0) is 31.0 Å². The molecule has 0 aromatic heterocycles. The maximum atomic E-state index is 4.91. The highest BCUT2D eigenvalue weighted by atomic mass is 79.9. The maximum absolute atomic E-state index is 4.91. The first-order valence-corrected chi connectivity index (χ1v) is 7.67. The van der Waals surface area contributed by atoms with Crippen LogP contribution in [0.1, 0.15) is 11.1 Å². The number of aliphatic imine (C=N–C) groups is 1. The first-order valence-electron chi connectivity index (χ1n) is 5.72. The van der Waals surface area contributed by atoms with Gasteiger partial charge in [0, 0.05) is 32.5 Å². The van der Waals surface area contributed by atoms with Crippen molar-refractivity contribution in [3.63, 3.8) is 0 Å². The molecule has 0 atom stereocenters. The Kier molecular flexibility index (Phi) is 5.34. The molecule has 2 aromatic rings. The quantitative estimate of drug-likeness (QED) is 0.485. The van der Waals surface area contributed by atoms with Crippen LogP contribution in [0.4, 0.5) is 0 Å². The highest BCUT2D eigenvalue weighted by molar-refractivity contribution is 9.10. The van der Waals surface area contributed by atoms with E-state index in [0.29, 0.717) is 11.4 Å². The third kappa shape index (κ3) is 3.48. The topological polar surface area (TPSA) is 24.7 Å². The summed E-state index contributed by atoms with van der Waals surface area (Å²) in [5.41, 5.74) is 3.16. The molecule has 0 bridgehead atoms. The monoisotopic (exact) mass is 408 g/mol. The molecule has 0 saturated carbocycles. The number of benzene rings is 2. The highest BCUT2D eigenvalue weighted by Gasteiger charge is 2.10. The summed E-state index contributed by atoms with van der Waals surface area (Å²) in [6, 6.07) is 15.6. The van der Waals surface area contributed by atoms with E-state index in [1.54, 1.807) is 0 Å². The number of hydrogen-bond acceptors (Lipinski definition) is 3. The Morgan fingerprint density at radius 1 is 0.800 bits per heavy atom. The molecule has 20 heavy (non-hydrogen) atoms. The molecular weight excluding hydrogens is 400 g/mol. The van der Waals surface area contributed by atoms with Crippen LogP contribution in [0.2, 0.25) is 0 Å². The SMILES string of the molecule is C=N/C(=C(/N=S)c1ccc(Br)cc1)c1ccc(Br)cc1. The minimum Gasteiger partial charge on any atom is -0.262 e. The van der Waals surface area contributed by atoms with Crippen molar-refractivity contribution in [1.29, 1.82) is 0 Å². The lowest BCUT2D eigenvalue weighted by molar-refractivity contribution is 1.45. The summed E-state index contributed by atoms with van der Waals surface area (Å²) in [5.74, 6) is 0. The molecule has 2 nitrogen and oxygen atoms in total. The van der Waals surface area contributed by atoms with Crippen molar-refractivity contribution in [2.75, 3.05) is 0 Å². The van der Waals surface area contributed by atoms with E-state index in [-0.39, 0.29) is 0 Å². The first-order chi connectivity index (χ1) is 9.65. The summed E-state index contributed by atoms with van der Waals surface area (Å²) in [6.45, 7) is 3.64. The van der Waals surface area contributed by atoms with E-state index >= 15 is 0 Å². The van der Waals surface area contributed by atoms with Crippen molar-refractivity contribution in [3.8, 4) is 0 Å². The molecule has 0 aliphatic heterocycles. The van der Waals surface area contributed by atoms with Crippen LogP contribution in [0, 0.1) is 0 Å². The first kappa shape index (κ1) is 15.2. The number of halogens is 2. The van der Waals surface area contributed by atoms with Gasteiger partial charge >= 0.3 is 0 Å². The molecule has 2 rings (SSSR count). The van der Waals surface area contributed by atoms with Crippen LogP contribution in [-0.4, -0.2) is 6.72 Å². The molecule has 2 aromatic carbocycles. The van der Waals surface area contributed by atoms with Gasteiger partial charge in [0.1, 0.15) is 5.70 Å². The number of nitrogens with zero attached hydrogens (tertiary/aromatic N) is 2. The molecular formula is C15H10Br2N2S. The summed E-state index contributed by atoms with van der Waals surface area (Å²) in [5, 5.41) is 0. The lowest BCUT2D eigenvalue weighted by Gasteiger charge is -2.08. The molecule has 5 heteroatoms. The Balaban J connectivity index is 2.58. The van der Waals surface area contributed by atoms with Gasteiger partial charge in [-0.3, -0.25) is 4.99 Å². The van der Waals surface area contributed by atoms with Crippen LogP contribution < -0.4 is 0 Å². The lowest BCUT2D eigenvalue weighted by Crippen LogP contribution is -1.88. The molecule has 0 amide bonds. The minimum absolute atomic E-state index is 0.643. The third-order valence-electron chi connectivity index (χ3n) is 2.71. The highest BCUT2D eigenvalue weighted by Crippen LogP contribution is 2.29. The van der Waals surface area contributed by atoms with Crippen LogP contribution in [0.5, 0.6) is 0 Å². The zero-order valence-corrected chi connectivity index (χ0v) is 14.4. The van der Waals surface area contributed by atoms with Gasteiger partial charge in [-0.25, -0.2) is 0 Å². The smallest absolute Gasteiger partial charge is 0.110 e. The Morgan fingerprint density at radius 3 is 1.55 bits per heavy atom. The predicted octanol–water partition coefficient (Wildman–Crippen LogP) is 5.47. The molecule has 100 valence electrons. The van der Waals surface area contributed by atoms with E-state index in [2.05, 4.69) is 47.9 Å². The molecule has 0 N–H and O–H groups in total. The van der Waals surface area contributed by atoms with Crippen LogP contribution in [-0.2, 0) is 12.4 Å². The Bertz CT molecular complexity index is 602. The van der Waals surface area contributed by atoms with Crippen LogP contribution in [0.15, 0.2) is 66.8 Å². The standard InChI is InChI=1S/C15H10Br2N2S/c1-18-14(10-2-6-12(16)7-3-10)15(19-20)11-4-8-13(17)9-5-11/h2-9H,1H2/b15-14+. The van der Waals surface area contributed by atoms with E-state index in [4.69, 9.17) is 12.4 Å². The number of hydrogen-bond donors (Lipinski definition) is 0. The van der Waals surface area contributed by atoms with Crippen LogP contribution in [0.25, 0.3) is 11.4 Å². The molecule has 0 heterocycles. The van der Waals surface area contributed by atoms with E-state index in [0.717, 1.165) is 20.1 Å². The predicted molar refractivity (Wildman–Crippen MR) is 94.4 cm³/mol. The fourth-order valence-electron chi connectivity index (χ4n) is 1.75. The van der Waals surface area contributed by atoms with Gasteiger partial charge in [-0.2, -0.15) is 4.36 Å². The second kappa shape index (κ2) is 7.02. The van der Waals surface area contributed by atoms with Crippen LogP contribution >= 0.6 is 31.9 Å². The molecule has 0 fully saturated rings. The molecule has 0 saturated heterocycles. The fourth-order valence-corrected chi connectivity index (χ4v) is 2.47. The van der Waals surface area contributed by atoms with E-state index < -0.39 is 0 Å². The van der Waals surface area contributed by atoms with Crippen molar-refractivity contribution < 1.29 is 0 Å². The Labute approximate surface area is 140 Å². The van der Waals surface area contributed by atoms with Crippen molar-refractivity contribution in [2.45, 2.75) is 0 Å². The van der Waals surface area contributed by atoms with Gasteiger partial charge in [0.2, 0.25) is 0 Å². The molecule has 0 spiro atoms. The molecule has 0 aliphatic carbocycles. The Hall–Kier alpha value is -1.17. The van der Waals surface area contributed by atoms with Gasteiger partial charge in [0.15, 0.2) is 0 Å². The summed E-state index contributed by atoms with van der Waals surface area (Å²) < 4.78 is 5.97. The normalized spacial score (nSPS) is 11.7. The fraction of sp³-hybridized carbons (Fsp3) is 0. The van der Waals surface area contributed by atoms with Crippen molar-refractivity contribution >= 4 is 62.4 Å². The summed E-state index contributed by atoms with van der Waals surface area (Å²) in [4.78, 5) is 4.10. The third-order valence-corrected chi connectivity index (χ3v) is 3.95. The van der Waals surface area contributed by atoms with Gasteiger partial charge in [-0.15, -0.1) is 0 Å². The minimum atomic E-state index is 0.643. The lowest BCUT2D eigenvalue weighted by atomic mass is 10.1. The second-order valence-corrected chi connectivity index (χ2v) is 5.97. The molecule has 0 aliphatic rings. The Morgan fingerprint density at radius 2 is 1.20 bits per heavy atom. The van der Waals surface area contributed by atoms with Gasteiger partial charge in [-0.1, -0.05) is 56.1 Å². The zero-order valence-electron chi connectivity index (χ0n) is 10.4. The summed E-state index contributed by atoms with van der Waals surface area (Å²) in [6.07, 6.45) is 0. The number of rotatable bonds is 4. The maximum Gasteiger partial charge on any atom is 0.110 e. The van der Waals surface area contributed by atoms with E-state index in [1.165, 1.54) is 0 Å². The van der Waals surface area contributed by atoms with Crippen molar-refractivity contribution in [2.24, 2.45) is 9.36 Å². The van der Waals surface area contributed by atoms with Gasteiger partial charge in [0.05, 0.1) is 5.70 Å². The molecule has 0 radical (unpaired) electrons. The second-order valence-electron chi connectivity index (χ2n) is 3.96. The van der Waals surface area contributed by atoms with E-state index in [1.807, 2.05) is 48.5 Å². The molecule has 0 unspecified atom stereocenters. The zero-order chi connectivity index (χ0) is 14.5. The van der Waals surface area contributed by atoms with Gasteiger partial charge in [0.25, 0.3) is 0 Å². The van der Waals surface area contributed by atoms with E-state index in [9.17, 15) is 0 Å². The van der Waals surface area contributed by atoms with Gasteiger partial charge < -0.3 is 0 Å². The largest absolute Gasteiger partial charge is 0.262 e.